The summed E-state index contributed by atoms with van der Waals surface area (Å²) < 4.78 is 0. The first kappa shape index (κ1) is 9.16. The van der Waals surface area contributed by atoms with Gasteiger partial charge >= 0.3 is 0 Å². The van der Waals surface area contributed by atoms with E-state index in [2.05, 4.69) is 16.0 Å². The highest BCUT2D eigenvalue weighted by Crippen LogP contribution is 2.21. The molecule has 4 heteroatoms. The van der Waals surface area contributed by atoms with Gasteiger partial charge in [-0.15, -0.1) is 0 Å². The second-order valence-corrected chi connectivity index (χ2v) is 3.08. The number of rotatable bonds is 1. The zero-order chi connectivity index (χ0) is 10.7. The molecule has 15 heavy (non-hydrogen) atoms. The first-order valence-electron chi connectivity index (χ1n) is 4.35. The van der Waals surface area contributed by atoms with Crippen LogP contribution in [0.5, 0.6) is 0 Å². The zero-order valence-electron chi connectivity index (χ0n) is 7.88. The fraction of sp³-hybridized carbons (Fsp3) is 0. The van der Waals surface area contributed by atoms with E-state index < -0.39 is 0 Å². The molecule has 0 amide bonds. The molecule has 0 aliphatic carbocycles. The van der Waals surface area contributed by atoms with E-state index >= 15 is 0 Å². The van der Waals surface area contributed by atoms with Crippen molar-refractivity contribution in [1.29, 1.82) is 5.26 Å². The maximum Gasteiger partial charge on any atom is 0.115 e. The van der Waals surface area contributed by atoms with Crippen molar-refractivity contribution in [3.8, 4) is 17.2 Å². The van der Waals surface area contributed by atoms with Crippen LogP contribution in [0, 0.1) is 11.3 Å². The second kappa shape index (κ2) is 3.76. The Morgan fingerprint density at radius 1 is 1.07 bits per heavy atom. The fourth-order valence-electron chi connectivity index (χ4n) is 1.33. The van der Waals surface area contributed by atoms with Crippen molar-refractivity contribution in [2.45, 2.75) is 0 Å². The van der Waals surface area contributed by atoms with Crippen molar-refractivity contribution in [2.75, 3.05) is 5.73 Å². The molecular weight excluding hydrogens is 188 g/mol. The Morgan fingerprint density at radius 3 is 2.47 bits per heavy atom. The molecule has 0 saturated heterocycles. The van der Waals surface area contributed by atoms with Gasteiger partial charge in [0.25, 0.3) is 0 Å². The Morgan fingerprint density at radius 2 is 1.80 bits per heavy atom. The van der Waals surface area contributed by atoms with Gasteiger partial charge in [0.2, 0.25) is 0 Å². The van der Waals surface area contributed by atoms with Crippen LogP contribution in [-0.4, -0.2) is 9.97 Å². The Bertz CT molecular complexity index is 514. The van der Waals surface area contributed by atoms with Crippen LogP contribution in [0.3, 0.4) is 0 Å². The topological polar surface area (TPSA) is 75.6 Å². The smallest absolute Gasteiger partial charge is 0.115 e. The predicted molar refractivity (Wildman–Crippen MR) is 56.6 cm³/mol. The molecule has 1 heterocycles. The highest BCUT2D eigenvalue weighted by atomic mass is 14.8. The number of anilines is 1. The third-order valence-corrected chi connectivity index (χ3v) is 1.98. The molecule has 2 N–H and O–H groups in total. The standard InChI is InChI=1S/C11H8N4/c12-4-8-1-9(3-11(13)2-8)10-5-14-7-15-6-10/h1-3,5-7H,13H2. The zero-order valence-corrected chi connectivity index (χ0v) is 7.88. The van der Waals surface area contributed by atoms with Gasteiger partial charge in [0.05, 0.1) is 11.6 Å². The lowest BCUT2D eigenvalue weighted by molar-refractivity contribution is 1.17. The minimum atomic E-state index is 0.536. The quantitative estimate of drug-likeness (QED) is 0.703. The number of aromatic nitrogens is 2. The molecule has 72 valence electrons. The van der Waals surface area contributed by atoms with E-state index in [0.717, 1.165) is 11.1 Å². The number of nitrogen functional groups attached to an aromatic ring is 1. The molecule has 0 aliphatic rings. The monoisotopic (exact) mass is 196 g/mol. The van der Waals surface area contributed by atoms with Crippen LogP contribution in [-0.2, 0) is 0 Å². The van der Waals surface area contributed by atoms with Gasteiger partial charge in [-0.3, -0.25) is 0 Å². The Labute approximate surface area is 87.0 Å². The van der Waals surface area contributed by atoms with Crippen molar-refractivity contribution >= 4 is 5.69 Å². The van der Waals surface area contributed by atoms with Gasteiger partial charge in [-0.05, 0) is 23.8 Å². The van der Waals surface area contributed by atoms with Crippen molar-refractivity contribution < 1.29 is 0 Å². The molecule has 2 rings (SSSR count). The SMILES string of the molecule is N#Cc1cc(N)cc(-c2cncnc2)c1. The van der Waals surface area contributed by atoms with E-state index in [1.807, 2.05) is 0 Å². The van der Waals surface area contributed by atoms with E-state index in [1.165, 1.54) is 6.33 Å². The van der Waals surface area contributed by atoms with Crippen LogP contribution in [0.2, 0.25) is 0 Å². The summed E-state index contributed by atoms with van der Waals surface area (Å²) >= 11 is 0. The molecule has 1 aromatic heterocycles. The number of nitriles is 1. The fourth-order valence-corrected chi connectivity index (χ4v) is 1.33. The normalized spacial score (nSPS) is 9.53. The molecule has 0 aliphatic heterocycles. The van der Waals surface area contributed by atoms with Crippen LogP contribution >= 0.6 is 0 Å². The Kier molecular flexibility index (Phi) is 2.30. The Balaban J connectivity index is 2.55. The molecule has 0 unspecified atom stereocenters. The lowest BCUT2D eigenvalue weighted by Gasteiger charge is -2.02. The number of hydrogen-bond acceptors (Lipinski definition) is 4. The van der Waals surface area contributed by atoms with Gasteiger partial charge in [-0.2, -0.15) is 5.26 Å². The maximum atomic E-state index is 8.80. The number of nitrogens with zero attached hydrogens (tertiary/aromatic N) is 3. The molecule has 0 spiro atoms. The van der Waals surface area contributed by atoms with Crippen molar-refractivity contribution in [3.63, 3.8) is 0 Å². The van der Waals surface area contributed by atoms with Crippen molar-refractivity contribution in [2.24, 2.45) is 0 Å². The van der Waals surface area contributed by atoms with Crippen molar-refractivity contribution in [3.05, 3.63) is 42.5 Å². The molecule has 0 bridgehead atoms. The summed E-state index contributed by atoms with van der Waals surface area (Å²) in [7, 11) is 0. The molecule has 2 aromatic rings. The summed E-state index contributed by atoms with van der Waals surface area (Å²) in [6.07, 6.45) is 4.83. The van der Waals surface area contributed by atoms with Crippen molar-refractivity contribution in [1.82, 2.24) is 9.97 Å². The van der Waals surface area contributed by atoms with E-state index in [4.69, 9.17) is 11.0 Å². The van der Waals surface area contributed by atoms with Crippen LogP contribution in [0.1, 0.15) is 5.56 Å². The molecular formula is C11H8N4. The summed E-state index contributed by atoms with van der Waals surface area (Å²) in [6, 6.07) is 7.24. The lowest BCUT2D eigenvalue weighted by atomic mass is 10.1. The number of hydrogen-bond donors (Lipinski definition) is 1. The van der Waals surface area contributed by atoms with Gasteiger partial charge in [-0.25, -0.2) is 9.97 Å². The first-order valence-corrected chi connectivity index (χ1v) is 4.35. The summed E-state index contributed by atoms with van der Waals surface area (Å²) in [5.74, 6) is 0. The molecule has 1 aromatic carbocycles. The van der Waals surface area contributed by atoms with Gasteiger partial charge in [0.15, 0.2) is 0 Å². The molecule has 0 radical (unpaired) electrons. The highest BCUT2D eigenvalue weighted by Gasteiger charge is 2.01. The minimum absolute atomic E-state index is 0.536. The third-order valence-electron chi connectivity index (χ3n) is 1.98. The average Bonchev–Trinajstić information content (AvgIpc) is 2.29. The summed E-state index contributed by atoms with van der Waals surface area (Å²) in [5.41, 5.74) is 8.48. The van der Waals surface area contributed by atoms with Gasteiger partial charge in [0, 0.05) is 23.6 Å². The lowest BCUT2D eigenvalue weighted by Crippen LogP contribution is -1.89. The molecule has 4 nitrogen and oxygen atoms in total. The van der Waals surface area contributed by atoms with Crippen LogP contribution in [0.15, 0.2) is 36.9 Å². The predicted octanol–water partition coefficient (Wildman–Crippen LogP) is 1.60. The Hall–Kier alpha value is -2.41. The second-order valence-electron chi connectivity index (χ2n) is 3.08. The third kappa shape index (κ3) is 1.92. The minimum Gasteiger partial charge on any atom is -0.399 e. The van der Waals surface area contributed by atoms with Gasteiger partial charge < -0.3 is 5.73 Å². The van der Waals surface area contributed by atoms with Gasteiger partial charge in [-0.1, -0.05) is 0 Å². The maximum absolute atomic E-state index is 8.80. The van der Waals surface area contributed by atoms with E-state index in [9.17, 15) is 0 Å². The van der Waals surface area contributed by atoms with E-state index in [1.54, 1.807) is 30.6 Å². The van der Waals surface area contributed by atoms with E-state index in [0.29, 0.717) is 11.3 Å². The largest absolute Gasteiger partial charge is 0.399 e. The van der Waals surface area contributed by atoms with Crippen LogP contribution < -0.4 is 5.73 Å². The van der Waals surface area contributed by atoms with Gasteiger partial charge in [0.1, 0.15) is 6.33 Å². The summed E-state index contributed by atoms with van der Waals surface area (Å²) in [4.78, 5) is 7.82. The number of nitrogens with two attached hydrogens (primary N) is 1. The first-order chi connectivity index (χ1) is 7.29. The highest BCUT2D eigenvalue weighted by molar-refractivity contribution is 5.68. The van der Waals surface area contributed by atoms with E-state index in [-0.39, 0.29) is 0 Å². The molecule has 0 saturated carbocycles. The summed E-state index contributed by atoms with van der Waals surface area (Å²) in [5, 5.41) is 8.80. The van der Waals surface area contributed by atoms with Crippen LogP contribution in [0.4, 0.5) is 5.69 Å². The summed E-state index contributed by atoms with van der Waals surface area (Å²) in [6.45, 7) is 0. The molecule has 0 atom stereocenters. The van der Waals surface area contributed by atoms with Crippen LogP contribution in [0.25, 0.3) is 11.1 Å². The average molecular weight is 196 g/mol. The number of benzene rings is 1. The molecule has 0 fully saturated rings.